The van der Waals surface area contributed by atoms with E-state index in [9.17, 15) is 0 Å². The average Bonchev–Trinajstić information content (AvgIpc) is 2.71. The maximum absolute atomic E-state index is 6.41. The van der Waals surface area contributed by atoms with Crippen molar-refractivity contribution in [1.82, 2.24) is 0 Å². The number of fused-ring (bicyclic) bond motifs is 5. The number of benzene rings is 3. The largest absolute Gasteiger partial charge is 0.377 e. The molecular formula is C26H31BrO. The number of halogens is 1. The Hall–Kier alpha value is -1.38. The van der Waals surface area contributed by atoms with Crippen LogP contribution in [0.2, 0.25) is 0 Å². The molecule has 0 heterocycles. The van der Waals surface area contributed by atoms with Crippen LogP contribution in [0.4, 0.5) is 0 Å². The maximum atomic E-state index is 6.41. The predicted molar refractivity (Wildman–Crippen MR) is 125 cm³/mol. The Bertz CT molecular complexity index is 959. The van der Waals surface area contributed by atoms with Crippen molar-refractivity contribution in [1.29, 1.82) is 0 Å². The van der Waals surface area contributed by atoms with E-state index in [0.29, 0.717) is 6.10 Å². The number of hydrogen-bond acceptors (Lipinski definition) is 1. The Morgan fingerprint density at radius 2 is 1.79 bits per heavy atom. The molecule has 0 N–H and O–H groups in total. The summed E-state index contributed by atoms with van der Waals surface area (Å²) >= 11 is 3.53. The van der Waals surface area contributed by atoms with Crippen LogP contribution in [0.3, 0.4) is 0 Å². The molecule has 4 rings (SSSR count). The normalized spacial score (nSPS) is 17.2. The molecule has 0 amide bonds. The molecule has 0 aromatic heterocycles. The van der Waals surface area contributed by atoms with Gasteiger partial charge in [0.1, 0.15) is 0 Å². The molecule has 0 saturated heterocycles. The van der Waals surface area contributed by atoms with Crippen molar-refractivity contribution in [2.75, 3.05) is 11.9 Å². The van der Waals surface area contributed by atoms with E-state index in [1.165, 1.54) is 46.4 Å². The molecule has 1 nitrogen and oxygen atoms in total. The van der Waals surface area contributed by atoms with Crippen LogP contribution in [-0.4, -0.2) is 18.0 Å². The van der Waals surface area contributed by atoms with Crippen LogP contribution in [0.1, 0.15) is 50.7 Å². The molecule has 2 heteroatoms. The van der Waals surface area contributed by atoms with Crippen molar-refractivity contribution in [3.05, 3.63) is 59.7 Å². The third-order valence-corrected chi connectivity index (χ3v) is 6.81. The first-order chi connectivity index (χ1) is 13.6. The molecule has 1 aliphatic carbocycles. The maximum Gasteiger partial charge on any atom is 0.0619 e. The molecule has 0 radical (unpaired) electrons. The summed E-state index contributed by atoms with van der Waals surface area (Å²) in [5.41, 5.74) is 3.29. The summed E-state index contributed by atoms with van der Waals surface area (Å²) in [6, 6.07) is 18.0. The Morgan fingerprint density at radius 1 is 0.964 bits per heavy atom. The lowest BCUT2D eigenvalue weighted by Gasteiger charge is -2.31. The smallest absolute Gasteiger partial charge is 0.0619 e. The molecule has 1 atom stereocenters. The summed E-state index contributed by atoms with van der Waals surface area (Å²) < 4.78 is 6.41. The number of ether oxygens (including phenoxy) is 1. The highest BCUT2D eigenvalue weighted by atomic mass is 79.9. The zero-order chi connectivity index (χ0) is 19.6. The minimum atomic E-state index is 0.269. The molecule has 0 aliphatic heterocycles. The van der Waals surface area contributed by atoms with Crippen LogP contribution in [0.5, 0.6) is 0 Å². The van der Waals surface area contributed by atoms with E-state index in [4.69, 9.17) is 4.74 Å². The summed E-state index contributed by atoms with van der Waals surface area (Å²) in [5.74, 6) is 0. The van der Waals surface area contributed by atoms with Crippen molar-refractivity contribution in [3.8, 4) is 0 Å². The summed E-state index contributed by atoms with van der Waals surface area (Å²) in [4.78, 5) is 0. The van der Waals surface area contributed by atoms with Gasteiger partial charge in [-0.05, 0) is 70.2 Å². The zero-order valence-electron chi connectivity index (χ0n) is 17.1. The first-order valence-electron chi connectivity index (χ1n) is 10.7. The van der Waals surface area contributed by atoms with Gasteiger partial charge < -0.3 is 4.74 Å². The molecule has 0 saturated carbocycles. The molecule has 3 aromatic rings. The highest BCUT2D eigenvalue weighted by Crippen LogP contribution is 2.34. The monoisotopic (exact) mass is 438 g/mol. The second-order valence-corrected chi connectivity index (χ2v) is 9.86. The van der Waals surface area contributed by atoms with E-state index in [1.54, 1.807) is 5.56 Å². The van der Waals surface area contributed by atoms with Crippen LogP contribution in [-0.2, 0) is 17.6 Å². The fraction of sp³-hybridized carbons (Fsp3) is 0.462. The molecular weight excluding hydrogens is 408 g/mol. The SMILES string of the molecule is CC(C)(CCCCBr)COC1CCc2c(ccc3c2ccc2ccccc23)C1. The van der Waals surface area contributed by atoms with E-state index in [0.717, 1.165) is 31.2 Å². The summed E-state index contributed by atoms with van der Waals surface area (Å²) in [6.07, 6.45) is 7.43. The van der Waals surface area contributed by atoms with Gasteiger partial charge in [-0.25, -0.2) is 0 Å². The number of alkyl halides is 1. The molecule has 0 bridgehead atoms. The molecule has 148 valence electrons. The van der Waals surface area contributed by atoms with Crippen LogP contribution >= 0.6 is 15.9 Å². The minimum Gasteiger partial charge on any atom is -0.377 e. The lowest BCUT2D eigenvalue weighted by atomic mass is 9.84. The Kier molecular flexibility index (Phi) is 6.08. The molecule has 1 unspecified atom stereocenters. The van der Waals surface area contributed by atoms with E-state index >= 15 is 0 Å². The second kappa shape index (κ2) is 8.55. The first kappa shape index (κ1) is 19.9. The quantitative estimate of drug-likeness (QED) is 0.211. The van der Waals surface area contributed by atoms with Gasteiger partial charge in [0.05, 0.1) is 12.7 Å². The number of aryl methyl sites for hydroxylation is 1. The van der Waals surface area contributed by atoms with Crippen molar-refractivity contribution < 1.29 is 4.74 Å². The third kappa shape index (κ3) is 4.28. The Morgan fingerprint density at radius 3 is 2.64 bits per heavy atom. The van der Waals surface area contributed by atoms with Gasteiger partial charge in [0.15, 0.2) is 0 Å². The van der Waals surface area contributed by atoms with E-state index in [-0.39, 0.29) is 5.41 Å². The van der Waals surface area contributed by atoms with E-state index < -0.39 is 0 Å². The van der Waals surface area contributed by atoms with Gasteiger partial charge in [-0.1, -0.05) is 84.7 Å². The molecule has 0 fully saturated rings. The van der Waals surface area contributed by atoms with Crippen molar-refractivity contribution in [2.24, 2.45) is 5.41 Å². The molecule has 0 spiro atoms. The van der Waals surface area contributed by atoms with Crippen molar-refractivity contribution in [2.45, 2.75) is 58.5 Å². The fourth-order valence-corrected chi connectivity index (χ4v) is 4.99. The van der Waals surface area contributed by atoms with Crippen LogP contribution in [0.15, 0.2) is 48.5 Å². The summed E-state index contributed by atoms with van der Waals surface area (Å²) in [6.45, 7) is 5.56. The number of unbranched alkanes of at least 4 members (excludes halogenated alkanes) is 1. The van der Waals surface area contributed by atoms with Crippen LogP contribution < -0.4 is 0 Å². The molecule has 3 aromatic carbocycles. The molecule has 28 heavy (non-hydrogen) atoms. The van der Waals surface area contributed by atoms with E-state index in [1.807, 2.05) is 0 Å². The summed E-state index contributed by atoms with van der Waals surface area (Å²) in [5, 5.41) is 6.63. The number of rotatable bonds is 7. The van der Waals surface area contributed by atoms with Crippen LogP contribution in [0, 0.1) is 5.41 Å². The second-order valence-electron chi connectivity index (χ2n) is 9.07. The zero-order valence-corrected chi connectivity index (χ0v) is 18.7. The Balaban J connectivity index is 1.48. The van der Waals surface area contributed by atoms with Gasteiger partial charge in [-0.15, -0.1) is 0 Å². The van der Waals surface area contributed by atoms with Gasteiger partial charge in [0, 0.05) is 5.33 Å². The van der Waals surface area contributed by atoms with Gasteiger partial charge in [0.25, 0.3) is 0 Å². The minimum absolute atomic E-state index is 0.269. The number of hydrogen-bond donors (Lipinski definition) is 0. The highest BCUT2D eigenvalue weighted by molar-refractivity contribution is 9.09. The standard InChI is InChI=1S/C26H31BrO/c1-26(2,15-5-6-16-27)18-28-21-11-14-23-20(17-21)10-13-24-22-8-4-3-7-19(22)9-12-25(23)24/h3-4,7-10,12-13,21H,5-6,11,14-18H2,1-2H3. The first-order valence-corrected chi connectivity index (χ1v) is 11.8. The lowest BCUT2D eigenvalue weighted by Crippen LogP contribution is -2.28. The predicted octanol–water partition coefficient (Wildman–Crippen LogP) is 7.46. The molecule has 1 aliphatic rings. The van der Waals surface area contributed by atoms with Crippen LogP contribution in [0.25, 0.3) is 21.5 Å². The van der Waals surface area contributed by atoms with Gasteiger partial charge in [0.2, 0.25) is 0 Å². The summed E-state index contributed by atoms with van der Waals surface area (Å²) in [7, 11) is 0. The van der Waals surface area contributed by atoms with Crippen molar-refractivity contribution in [3.63, 3.8) is 0 Å². The third-order valence-electron chi connectivity index (χ3n) is 6.25. The Labute approximate surface area is 177 Å². The van der Waals surface area contributed by atoms with Gasteiger partial charge >= 0.3 is 0 Å². The lowest BCUT2D eigenvalue weighted by molar-refractivity contribution is -0.00672. The highest BCUT2D eigenvalue weighted by Gasteiger charge is 2.24. The van der Waals surface area contributed by atoms with Gasteiger partial charge in [-0.2, -0.15) is 0 Å². The van der Waals surface area contributed by atoms with Crippen molar-refractivity contribution >= 4 is 37.5 Å². The average molecular weight is 439 g/mol. The topological polar surface area (TPSA) is 9.23 Å². The fourth-order valence-electron chi connectivity index (χ4n) is 4.59. The van der Waals surface area contributed by atoms with Gasteiger partial charge in [-0.3, -0.25) is 0 Å². The van der Waals surface area contributed by atoms with E-state index in [2.05, 4.69) is 78.3 Å².